The van der Waals surface area contributed by atoms with Gasteiger partial charge in [0.1, 0.15) is 11.5 Å². The molecule has 0 radical (unpaired) electrons. The number of amides is 1. The van der Waals surface area contributed by atoms with Crippen LogP contribution in [0.3, 0.4) is 0 Å². The van der Waals surface area contributed by atoms with Gasteiger partial charge in [0.15, 0.2) is 0 Å². The highest BCUT2D eigenvalue weighted by Crippen LogP contribution is 2.29. The SMILES string of the molecule is COc1ccc(NC(=O)c2nn(-c3ccc(Cl)cc3)c(=O)n(C)c2=O)c(OC)c1. The fourth-order valence-corrected chi connectivity index (χ4v) is 2.68. The van der Waals surface area contributed by atoms with Gasteiger partial charge >= 0.3 is 5.69 Å². The van der Waals surface area contributed by atoms with Crippen molar-refractivity contribution >= 4 is 23.2 Å². The zero-order valence-corrected chi connectivity index (χ0v) is 16.6. The molecule has 10 heteroatoms. The lowest BCUT2D eigenvalue weighted by Crippen LogP contribution is -2.43. The molecule has 0 aliphatic rings. The number of carbonyl (C=O) groups is 1. The lowest BCUT2D eigenvalue weighted by atomic mass is 10.2. The molecule has 1 amide bonds. The molecule has 0 aliphatic carbocycles. The second-order valence-corrected chi connectivity index (χ2v) is 6.34. The molecule has 3 aromatic rings. The summed E-state index contributed by atoms with van der Waals surface area (Å²) in [4.78, 5) is 37.7. The van der Waals surface area contributed by atoms with Crippen molar-refractivity contribution in [1.29, 1.82) is 0 Å². The van der Waals surface area contributed by atoms with Gasteiger partial charge in [-0.1, -0.05) is 11.6 Å². The monoisotopic (exact) mass is 416 g/mol. The van der Waals surface area contributed by atoms with E-state index < -0.39 is 22.9 Å². The molecule has 1 heterocycles. The first kappa shape index (κ1) is 20.2. The first-order chi connectivity index (χ1) is 13.8. The predicted octanol–water partition coefficient (Wildman–Crippen LogP) is 1.85. The zero-order chi connectivity index (χ0) is 21.1. The number of rotatable bonds is 5. The molecule has 1 aromatic heterocycles. The molecule has 0 unspecified atom stereocenters. The molecule has 150 valence electrons. The number of nitrogens with one attached hydrogen (secondary N) is 1. The van der Waals surface area contributed by atoms with Crippen molar-refractivity contribution in [2.24, 2.45) is 7.05 Å². The lowest BCUT2D eigenvalue weighted by Gasteiger charge is -2.12. The molecule has 29 heavy (non-hydrogen) atoms. The van der Waals surface area contributed by atoms with Crippen molar-refractivity contribution in [1.82, 2.24) is 14.3 Å². The van der Waals surface area contributed by atoms with Crippen molar-refractivity contribution in [3.63, 3.8) is 0 Å². The van der Waals surface area contributed by atoms with Crippen molar-refractivity contribution < 1.29 is 14.3 Å². The summed E-state index contributed by atoms with van der Waals surface area (Å²) in [6.45, 7) is 0. The van der Waals surface area contributed by atoms with E-state index >= 15 is 0 Å². The van der Waals surface area contributed by atoms with Gasteiger partial charge in [-0.15, -0.1) is 0 Å². The highest BCUT2D eigenvalue weighted by atomic mass is 35.5. The number of halogens is 1. The minimum atomic E-state index is -0.829. The largest absolute Gasteiger partial charge is 0.497 e. The van der Waals surface area contributed by atoms with Crippen LogP contribution < -0.4 is 26.0 Å². The van der Waals surface area contributed by atoms with Crippen LogP contribution in [0.15, 0.2) is 52.1 Å². The molecule has 0 saturated carbocycles. The number of carbonyl (C=O) groups excluding carboxylic acids is 1. The fourth-order valence-electron chi connectivity index (χ4n) is 2.55. The van der Waals surface area contributed by atoms with E-state index in [4.69, 9.17) is 21.1 Å². The number of benzene rings is 2. The van der Waals surface area contributed by atoms with Gasteiger partial charge in [0.2, 0.25) is 5.69 Å². The Balaban J connectivity index is 2.05. The van der Waals surface area contributed by atoms with Crippen LogP contribution in [0.5, 0.6) is 11.5 Å². The number of ether oxygens (including phenoxy) is 2. The van der Waals surface area contributed by atoms with E-state index in [1.807, 2.05) is 0 Å². The topological polar surface area (TPSA) is 104 Å². The number of methoxy groups -OCH3 is 2. The van der Waals surface area contributed by atoms with Gasteiger partial charge in [-0.2, -0.15) is 9.78 Å². The molecular weight excluding hydrogens is 400 g/mol. The summed E-state index contributed by atoms with van der Waals surface area (Å²) in [5, 5.41) is 7.01. The average Bonchev–Trinajstić information content (AvgIpc) is 2.73. The minimum absolute atomic E-state index is 0.311. The summed E-state index contributed by atoms with van der Waals surface area (Å²) in [6.07, 6.45) is 0. The van der Waals surface area contributed by atoms with E-state index in [9.17, 15) is 14.4 Å². The van der Waals surface area contributed by atoms with E-state index in [-0.39, 0.29) is 0 Å². The molecular formula is C19H17ClN4O5. The van der Waals surface area contributed by atoms with Crippen LogP contribution >= 0.6 is 11.6 Å². The van der Waals surface area contributed by atoms with E-state index in [1.165, 1.54) is 21.3 Å². The molecule has 2 aromatic carbocycles. The Bertz CT molecular complexity index is 1180. The second kappa shape index (κ2) is 8.19. The maximum atomic E-state index is 12.7. The Morgan fingerprint density at radius 3 is 2.38 bits per heavy atom. The van der Waals surface area contributed by atoms with Crippen LogP contribution in [0.1, 0.15) is 10.5 Å². The summed E-state index contributed by atoms with van der Waals surface area (Å²) >= 11 is 5.87. The maximum Gasteiger partial charge on any atom is 0.351 e. The molecule has 0 aliphatic heterocycles. The smallest absolute Gasteiger partial charge is 0.351 e. The van der Waals surface area contributed by atoms with Crippen LogP contribution in [0.25, 0.3) is 5.69 Å². The zero-order valence-electron chi connectivity index (χ0n) is 15.8. The van der Waals surface area contributed by atoms with Gasteiger partial charge < -0.3 is 14.8 Å². The Morgan fingerprint density at radius 1 is 1.07 bits per heavy atom. The molecule has 3 rings (SSSR count). The Kier molecular flexibility index (Phi) is 5.69. The quantitative estimate of drug-likeness (QED) is 0.680. The molecule has 0 atom stereocenters. The van der Waals surface area contributed by atoms with Crippen molar-refractivity contribution in [2.45, 2.75) is 0 Å². The number of hydrogen-bond donors (Lipinski definition) is 1. The second-order valence-electron chi connectivity index (χ2n) is 5.90. The van der Waals surface area contributed by atoms with Gasteiger partial charge in [0, 0.05) is 18.1 Å². The minimum Gasteiger partial charge on any atom is -0.497 e. The number of aromatic nitrogens is 3. The predicted molar refractivity (Wildman–Crippen MR) is 108 cm³/mol. The summed E-state index contributed by atoms with van der Waals surface area (Å²) < 4.78 is 12.1. The highest BCUT2D eigenvalue weighted by Gasteiger charge is 2.20. The van der Waals surface area contributed by atoms with Crippen molar-refractivity contribution in [2.75, 3.05) is 19.5 Å². The lowest BCUT2D eigenvalue weighted by molar-refractivity contribution is 0.101. The Hall–Kier alpha value is -3.59. The number of nitrogens with zero attached hydrogens (tertiary/aromatic N) is 3. The van der Waals surface area contributed by atoms with Crippen LogP contribution in [0.2, 0.25) is 5.02 Å². The normalized spacial score (nSPS) is 10.5. The first-order valence-electron chi connectivity index (χ1n) is 8.35. The first-order valence-corrected chi connectivity index (χ1v) is 8.73. The third-order valence-corrected chi connectivity index (χ3v) is 4.37. The van der Waals surface area contributed by atoms with Crippen LogP contribution in [0, 0.1) is 0 Å². The van der Waals surface area contributed by atoms with E-state index in [2.05, 4.69) is 10.4 Å². The van der Waals surface area contributed by atoms with Crippen LogP contribution in [-0.4, -0.2) is 34.5 Å². The summed E-state index contributed by atoms with van der Waals surface area (Å²) in [5.74, 6) is 0.0718. The molecule has 0 saturated heterocycles. The van der Waals surface area contributed by atoms with Gasteiger partial charge in [-0.3, -0.25) is 14.2 Å². The van der Waals surface area contributed by atoms with Crippen molar-refractivity contribution in [3.8, 4) is 17.2 Å². The summed E-state index contributed by atoms with van der Waals surface area (Å²) in [6, 6.07) is 11.0. The third-order valence-electron chi connectivity index (χ3n) is 4.12. The Morgan fingerprint density at radius 2 is 1.76 bits per heavy atom. The van der Waals surface area contributed by atoms with Crippen molar-refractivity contribution in [3.05, 3.63) is 74.0 Å². The fraction of sp³-hybridized carbons (Fsp3) is 0.158. The number of anilines is 1. The summed E-state index contributed by atoms with van der Waals surface area (Å²) in [7, 11) is 4.20. The molecule has 0 spiro atoms. The van der Waals surface area contributed by atoms with Crippen LogP contribution in [-0.2, 0) is 7.05 Å². The average molecular weight is 417 g/mol. The summed E-state index contributed by atoms with van der Waals surface area (Å²) in [5.41, 5.74) is -1.32. The van der Waals surface area contributed by atoms with Crippen LogP contribution in [0.4, 0.5) is 5.69 Å². The van der Waals surface area contributed by atoms with E-state index in [1.54, 1.807) is 42.5 Å². The highest BCUT2D eigenvalue weighted by molar-refractivity contribution is 6.30. The van der Waals surface area contributed by atoms with Gasteiger partial charge in [-0.25, -0.2) is 4.79 Å². The molecule has 1 N–H and O–H groups in total. The standard InChI is InChI=1S/C19H17ClN4O5/c1-23-18(26)16(22-24(19(23)27)12-6-4-11(20)5-7-12)17(25)21-14-9-8-13(28-2)10-15(14)29-3/h4-10H,1-3H3,(H,21,25). The number of hydrogen-bond acceptors (Lipinski definition) is 6. The molecule has 9 nitrogen and oxygen atoms in total. The maximum absolute atomic E-state index is 12.7. The van der Waals surface area contributed by atoms with Gasteiger partial charge in [0.05, 0.1) is 25.6 Å². The molecule has 0 bridgehead atoms. The van der Waals surface area contributed by atoms with E-state index in [0.717, 1.165) is 9.25 Å². The van der Waals surface area contributed by atoms with Gasteiger partial charge in [-0.05, 0) is 36.4 Å². The van der Waals surface area contributed by atoms with E-state index in [0.29, 0.717) is 27.9 Å². The third kappa shape index (κ3) is 3.99. The Labute approximate surface area is 170 Å². The van der Waals surface area contributed by atoms with Gasteiger partial charge in [0.25, 0.3) is 11.5 Å². The molecule has 0 fully saturated rings.